The highest BCUT2D eigenvalue weighted by molar-refractivity contribution is 7.98. The summed E-state index contributed by atoms with van der Waals surface area (Å²) in [4.78, 5) is 2.10. The molecule has 0 amide bonds. The summed E-state index contributed by atoms with van der Waals surface area (Å²) < 4.78 is 18.0. The van der Waals surface area contributed by atoms with Crippen molar-refractivity contribution >= 4 is 11.8 Å². The molecule has 30 heavy (non-hydrogen) atoms. The average molecular weight is 426 g/mol. The summed E-state index contributed by atoms with van der Waals surface area (Å²) in [6.45, 7) is 2.58. The minimum absolute atomic E-state index is 0.0233. The summed E-state index contributed by atoms with van der Waals surface area (Å²) in [6.07, 6.45) is 0.0233. The monoisotopic (exact) mass is 425 g/mol. The van der Waals surface area contributed by atoms with E-state index in [-0.39, 0.29) is 6.10 Å². The van der Waals surface area contributed by atoms with Crippen molar-refractivity contribution in [3.8, 4) is 0 Å². The van der Waals surface area contributed by atoms with Crippen LogP contribution in [0.25, 0.3) is 0 Å². The molecule has 0 spiro atoms. The Morgan fingerprint density at radius 3 is 2.13 bits per heavy atom. The van der Waals surface area contributed by atoms with Crippen molar-refractivity contribution in [2.24, 2.45) is 0 Å². The first-order valence-corrected chi connectivity index (χ1v) is 11.4. The molecule has 0 aliphatic rings. The van der Waals surface area contributed by atoms with Gasteiger partial charge in [-0.15, -0.1) is 0 Å². The molecular formula is C25H31NO3S. The Labute approximate surface area is 184 Å². The van der Waals surface area contributed by atoms with Gasteiger partial charge in [-0.05, 0) is 37.4 Å². The number of nitrogens with zero attached hydrogens (tertiary/aromatic N) is 1. The zero-order valence-electron chi connectivity index (χ0n) is 17.8. The second kappa shape index (κ2) is 12.6. The van der Waals surface area contributed by atoms with E-state index in [9.17, 15) is 0 Å². The van der Waals surface area contributed by atoms with E-state index in [0.29, 0.717) is 19.8 Å². The minimum atomic E-state index is 0.0233. The molecule has 3 rings (SSSR count). The molecule has 0 radical (unpaired) electrons. The molecule has 0 fully saturated rings. The minimum Gasteiger partial charge on any atom is -0.464 e. The van der Waals surface area contributed by atoms with Gasteiger partial charge in [0.15, 0.2) is 0 Å². The van der Waals surface area contributed by atoms with Crippen LogP contribution in [0.5, 0.6) is 0 Å². The molecule has 1 unspecified atom stereocenters. The van der Waals surface area contributed by atoms with Gasteiger partial charge in [0.25, 0.3) is 0 Å². The third kappa shape index (κ3) is 8.36. The van der Waals surface area contributed by atoms with Crippen molar-refractivity contribution in [2.75, 3.05) is 26.5 Å². The van der Waals surface area contributed by atoms with Gasteiger partial charge in [-0.2, -0.15) is 11.8 Å². The molecule has 1 atom stereocenters. The van der Waals surface area contributed by atoms with Gasteiger partial charge in [-0.3, -0.25) is 0 Å². The van der Waals surface area contributed by atoms with Gasteiger partial charge in [0.1, 0.15) is 11.5 Å². The van der Waals surface area contributed by atoms with E-state index in [0.717, 1.165) is 29.6 Å². The summed E-state index contributed by atoms with van der Waals surface area (Å²) in [5.74, 6) is 3.69. The first-order chi connectivity index (χ1) is 14.7. The van der Waals surface area contributed by atoms with Crippen LogP contribution < -0.4 is 0 Å². The lowest BCUT2D eigenvalue weighted by molar-refractivity contribution is -0.0173. The first-order valence-electron chi connectivity index (χ1n) is 10.3. The lowest BCUT2D eigenvalue weighted by Crippen LogP contribution is -2.22. The normalized spacial score (nSPS) is 12.4. The predicted molar refractivity (Wildman–Crippen MR) is 123 cm³/mol. The molecule has 160 valence electrons. The van der Waals surface area contributed by atoms with Gasteiger partial charge >= 0.3 is 0 Å². The van der Waals surface area contributed by atoms with Crippen LogP contribution >= 0.6 is 11.8 Å². The van der Waals surface area contributed by atoms with Crippen LogP contribution in [0.2, 0.25) is 0 Å². The predicted octanol–water partition coefficient (Wildman–Crippen LogP) is 5.38. The maximum absolute atomic E-state index is 6.18. The molecule has 5 heteroatoms. The number of hydrogen-bond acceptors (Lipinski definition) is 5. The van der Waals surface area contributed by atoms with Gasteiger partial charge in [-0.1, -0.05) is 60.7 Å². The standard InChI is InChI=1S/C25H31NO3S/c1-26(2)15-23-13-14-24(29-23)19-30-20-25(28-17-22-11-7-4-8-12-22)18-27-16-21-9-5-3-6-10-21/h3-14,25H,15-20H2,1-2H3. The Kier molecular flexibility index (Phi) is 9.51. The van der Waals surface area contributed by atoms with Crippen LogP contribution in [0, 0.1) is 0 Å². The molecule has 4 nitrogen and oxygen atoms in total. The number of hydrogen-bond donors (Lipinski definition) is 0. The number of rotatable bonds is 13. The van der Waals surface area contributed by atoms with E-state index in [1.807, 2.05) is 62.3 Å². The van der Waals surface area contributed by atoms with Gasteiger partial charge in [0.05, 0.1) is 38.2 Å². The van der Waals surface area contributed by atoms with Crippen molar-refractivity contribution in [1.82, 2.24) is 4.90 Å². The van der Waals surface area contributed by atoms with Crippen LogP contribution in [0.3, 0.4) is 0 Å². The molecule has 0 saturated carbocycles. The summed E-state index contributed by atoms with van der Waals surface area (Å²) in [5, 5.41) is 0. The fourth-order valence-corrected chi connectivity index (χ4v) is 3.93. The van der Waals surface area contributed by atoms with E-state index in [2.05, 4.69) is 41.3 Å². The topological polar surface area (TPSA) is 34.8 Å². The third-order valence-electron chi connectivity index (χ3n) is 4.48. The Morgan fingerprint density at radius 2 is 1.47 bits per heavy atom. The summed E-state index contributed by atoms with van der Waals surface area (Å²) >= 11 is 1.82. The molecule has 3 aromatic rings. The van der Waals surface area contributed by atoms with Crippen molar-refractivity contribution in [2.45, 2.75) is 31.6 Å². The third-order valence-corrected chi connectivity index (χ3v) is 5.58. The van der Waals surface area contributed by atoms with Gasteiger partial charge in [0, 0.05) is 5.75 Å². The number of benzene rings is 2. The average Bonchev–Trinajstić information content (AvgIpc) is 3.19. The fourth-order valence-electron chi connectivity index (χ4n) is 3.00. The first kappa shape index (κ1) is 22.6. The molecule has 2 aromatic carbocycles. The van der Waals surface area contributed by atoms with Crippen molar-refractivity contribution < 1.29 is 13.9 Å². The van der Waals surface area contributed by atoms with E-state index < -0.39 is 0 Å². The van der Waals surface area contributed by atoms with Crippen LogP contribution in [0.15, 0.2) is 77.2 Å². The van der Waals surface area contributed by atoms with E-state index in [1.54, 1.807) is 0 Å². The highest BCUT2D eigenvalue weighted by atomic mass is 32.2. The summed E-state index contributed by atoms with van der Waals surface area (Å²) in [6, 6.07) is 24.6. The van der Waals surface area contributed by atoms with Crippen molar-refractivity contribution in [3.63, 3.8) is 0 Å². The lowest BCUT2D eigenvalue weighted by atomic mass is 10.2. The molecule has 0 aliphatic heterocycles. The maximum atomic E-state index is 6.18. The molecule has 0 bridgehead atoms. The Bertz CT molecular complexity index is 836. The fraction of sp³-hybridized carbons (Fsp3) is 0.360. The number of ether oxygens (including phenoxy) is 2. The highest BCUT2D eigenvalue weighted by Gasteiger charge is 2.12. The summed E-state index contributed by atoms with van der Waals surface area (Å²) in [7, 11) is 4.09. The van der Waals surface area contributed by atoms with E-state index in [1.165, 1.54) is 11.1 Å². The van der Waals surface area contributed by atoms with Crippen molar-refractivity contribution in [1.29, 1.82) is 0 Å². The lowest BCUT2D eigenvalue weighted by Gasteiger charge is -2.18. The van der Waals surface area contributed by atoms with Gasteiger partial charge < -0.3 is 18.8 Å². The molecule has 0 N–H and O–H groups in total. The number of furan rings is 1. The molecule has 0 aliphatic carbocycles. The zero-order chi connectivity index (χ0) is 21.0. The quantitative estimate of drug-likeness (QED) is 0.367. The maximum Gasteiger partial charge on any atom is 0.118 e. The summed E-state index contributed by atoms with van der Waals surface area (Å²) in [5.41, 5.74) is 2.35. The van der Waals surface area contributed by atoms with E-state index >= 15 is 0 Å². The Morgan fingerprint density at radius 1 is 0.833 bits per heavy atom. The molecular weight excluding hydrogens is 394 g/mol. The van der Waals surface area contributed by atoms with Crippen LogP contribution in [-0.2, 0) is 35.0 Å². The van der Waals surface area contributed by atoms with Gasteiger partial charge in [-0.25, -0.2) is 0 Å². The van der Waals surface area contributed by atoms with Crippen molar-refractivity contribution in [3.05, 3.63) is 95.4 Å². The second-order valence-corrected chi connectivity index (χ2v) is 8.57. The molecule has 1 heterocycles. The van der Waals surface area contributed by atoms with Crippen LogP contribution in [-0.4, -0.2) is 37.5 Å². The number of thioether (sulfide) groups is 1. The Balaban J connectivity index is 1.47. The Hall–Kier alpha value is -2.05. The van der Waals surface area contributed by atoms with Gasteiger partial charge in [0.2, 0.25) is 0 Å². The SMILES string of the molecule is CN(C)Cc1ccc(CSCC(COCc2ccccc2)OCc2ccccc2)o1. The van der Waals surface area contributed by atoms with Crippen LogP contribution in [0.1, 0.15) is 22.6 Å². The molecule has 0 saturated heterocycles. The zero-order valence-corrected chi connectivity index (χ0v) is 18.6. The molecule has 1 aromatic heterocycles. The van der Waals surface area contributed by atoms with E-state index in [4.69, 9.17) is 13.9 Å². The largest absolute Gasteiger partial charge is 0.464 e. The smallest absolute Gasteiger partial charge is 0.118 e. The highest BCUT2D eigenvalue weighted by Crippen LogP contribution is 2.19. The van der Waals surface area contributed by atoms with Crippen LogP contribution in [0.4, 0.5) is 0 Å². The second-order valence-electron chi connectivity index (χ2n) is 7.54.